The number of aliphatic hydroxyl groups excluding tert-OH is 1. The fourth-order valence-electron chi connectivity index (χ4n) is 4.39. The Hall–Kier alpha value is -4.01. The van der Waals surface area contributed by atoms with Crippen molar-refractivity contribution >= 4 is 17.7 Å². The lowest BCUT2D eigenvalue weighted by atomic mass is 9.85. The Balaban J connectivity index is 1.61. The number of carbonyl (C=O) groups is 3. The Morgan fingerprint density at radius 2 is 1.30 bits per heavy atom. The van der Waals surface area contributed by atoms with Crippen molar-refractivity contribution in [2.75, 3.05) is 6.54 Å². The molecule has 0 aliphatic rings. The Kier molecular flexibility index (Phi) is 11.0. The van der Waals surface area contributed by atoms with Crippen LogP contribution in [0.4, 0.5) is 0 Å². The summed E-state index contributed by atoms with van der Waals surface area (Å²) in [5.74, 6) is -2.04. The molecule has 0 spiro atoms. The first kappa shape index (κ1) is 30.5. The largest absolute Gasteiger partial charge is 0.383 e. The molecule has 0 saturated heterocycles. The number of hydrogen-bond donors (Lipinski definition) is 4. The van der Waals surface area contributed by atoms with Crippen LogP contribution in [0.2, 0.25) is 0 Å². The summed E-state index contributed by atoms with van der Waals surface area (Å²) in [6.45, 7) is 5.48. The van der Waals surface area contributed by atoms with Gasteiger partial charge in [0.05, 0.1) is 12.5 Å². The third-order valence-electron chi connectivity index (χ3n) is 6.58. The first-order valence-corrected chi connectivity index (χ1v) is 13.5. The number of hydroxylamine groups is 2. The van der Waals surface area contributed by atoms with Crippen molar-refractivity contribution in [1.29, 1.82) is 0 Å². The predicted octanol–water partition coefficient (Wildman–Crippen LogP) is 4.02. The van der Waals surface area contributed by atoms with E-state index in [1.165, 1.54) is 0 Å². The Bertz CT molecular complexity index is 1190. The molecule has 0 radical (unpaired) electrons. The van der Waals surface area contributed by atoms with E-state index in [9.17, 15) is 24.7 Å². The summed E-state index contributed by atoms with van der Waals surface area (Å²) in [4.78, 5) is 38.9. The predicted molar refractivity (Wildman–Crippen MR) is 153 cm³/mol. The van der Waals surface area contributed by atoms with Gasteiger partial charge in [0, 0.05) is 6.54 Å². The summed E-state index contributed by atoms with van der Waals surface area (Å²) >= 11 is 0. The minimum Gasteiger partial charge on any atom is -0.383 e. The molecule has 3 aromatic carbocycles. The fraction of sp³-hybridized carbons (Fsp3) is 0.344. The van der Waals surface area contributed by atoms with Crippen LogP contribution >= 0.6 is 0 Å². The lowest BCUT2D eigenvalue weighted by Gasteiger charge is -2.32. The van der Waals surface area contributed by atoms with Crippen molar-refractivity contribution in [3.05, 3.63) is 108 Å². The number of nitrogens with one attached hydrogen (secondary N) is 2. The third kappa shape index (κ3) is 9.03. The van der Waals surface area contributed by atoms with E-state index in [1.807, 2.05) is 112 Å². The zero-order valence-electron chi connectivity index (χ0n) is 23.3. The average molecular weight is 546 g/mol. The standard InChI is InChI=1S/C32H39N3O5/c1-32(2,3)29(30(38)34-28(24-17-9-5-10-18-24)25-19-11-6-12-20-25)33-27(37)22-26(36)31(39)35(40)21-13-16-23-14-7-4-8-15-23/h4-12,14-15,17-20,26,28-29,36,40H,13,16,21-22H2,1-3H3,(H,33,37)(H,34,38)/t26-,29+/m0/s1. The zero-order valence-corrected chi connectivity index (χ0v) is 23.3. The van der Waals surface area contributed by atoms with E-state index in [1.54, 1.807) is 0 Å². The van der Waals surface area contributed by atoms with Gasteiger partial charge in [0.25, 0.3) is 5.91 Å². The summed E-state index contributed by atoms with van der Waals surface area (Å²) in [6, 6.07) is 27.3. The van der Waals surface area contributed by atoms with Crippen LogP contribution in [0.25, 0.3) is 0 Å². The fourth-order valence-corrected chi connectivity index (χ4v) is 4.39. The molecule has 3 aromatic rings. The zero-order chi connectivity index (χ0) is 29.1. The van der Waals surface area contributed by atoms with Crippen molar-refractivity contribution in [2.24, 2.45) is 5.41 Å². The second-order valence-electron chi connectivity index (χ2n) is 10.9. The van der Waals surface area contributed by atoms with Crippen LogP contribution in [0, 0.1) is 5.41 Å². The van der Waals surface area contributed by atoms with Gasteiger partial charge in [-0.3, -0.25) is 19.6 Å². The quantitative estimate of drug-likeness (QED) is 0.202. The SMILES string of the molecule is CC(C)(C)[C@H](NC(=O)C[C@H](O)C(=O)N(O)CCCc1ccccc1)C(=O)NC(c1ccccc1)c1ccccc1. The van der Waals surface area contributed by atoms with Crippen molar-refractivity contribution in [2.45, 2.75) is 58.2 Å². The van der Waals surface area contributed by atoms with Crippen LogP contribution in [-0.4, -0.2) is 51.8 Å². The summed E-state index contributed by atoms with van der Waals surface area (Å²) in [5, 5.41) is 26.7. The molecule has 0 saturated carbocycles. The normalized spacial score (nSPS) is 12.8. The average Bonchev–Trinajstić information content (AvgIpc) is 2.95. The van der Waals surface area contributed by atoms with Crippen LogP contribution in [0.5, 0.6) is 0 Å². The number of hydrogen-bond acceptors (Lipinski definition) is 5. The van der Waals surface area contributed by atoms with Gasteiger partial charge in [-0.25, -0.2) is 5.06 Å². The first-order valence-electron chi connectivity index (χ1n) is 13.5. The highest BCUT2D eigenvalue weighted by molar-refractivity contribution is 5.91. The van der Waals surface area contributed by atoms with E-state index in [-0.39, 0.29) is 6.54 Å². The van der Waals surface area contributed by atoms with E-state index in [0.717, 1.165) is 16.7 Å². The van der Waals surface area contributed by atoms with Gasteiger partial charge in [-0.05, 0) is 34.9 Å². The number of rotatable bonds is 12. The van der Waals surface area contributed by atoms with Gasteiger partial charge in [-0.1, -0.05) is 112 Å². The lowest BCUT2D eigenvalue weighted by molar-refractivity contribution is -0.175. The van der Waals surface area contributed by atoms with Gasteiger partial charge >= 0.3 is 0 Å². The van der Waals surface area contributed by atoms with Crippen LogP contribution in [0.3, 0.4) is 0 Å². The van der Waals surface area contributed by atoms with E-state index < -0.39 is 47.7 Å². The van der Waals surface area contributed by atoms with E-state index in [0.29, 0.717) is 17.9 Å². The molecule has 0 unspecified atom stereocenters. The van der Waals surface area contributed by atoms with Gasteiger partial charge < -0.3 is 15.7 Å². The maximum atomic E-state index is 13.5. The third-order valence-corrected chi connectivity index (χ3v) is 6.58. The topological polar surface area (TPSA) is 119 Å². The molecule has 212 valence electrons. The summed E-state index contributed by atoms with van der Waals surface area (Å²) < 4.78 is 0. The highest BCUT2D eigenvalue weighted by atomic mass is 16.5. The molecule has 3 rings (SSSR count). The number of amides is 3. The van der Waals surface area contributed by atoms with Gasteiger partial charge in [0.2, 0.25) is 11.8 Å². The summed E-state index contributed by atoms with van der Waals surface area (Å²) in [6.07, 6.45) is -1.19. The number of aryl methyl sites for hydroxylation is 1. The second-order valence-corrected chi connectivity index (χ2v) is 10.9. The Morgan fingerprint density at radius 1 is 0.800 bits per heavy atom. The van der Waals surface area contributed by atoms with Crippen molar-refractivity contribution in [3.8, 4) is 0 Å². The minimum absolute atomic E-state index is 0.0137. The molecule has 8 heteroatoms. The summed E-state index contributed by atoms with van der Waals surface area (Å²) in [7, 11) is 0. The molecular formula is C32H39N3O5. The van der Waals surface area contributed by atoms with Crippen LogP contribution < -0.4 is 10.6 Å². The Morgan fingerprint density at radius 3 is 1.80 bits per heavy atom. The molecule has 2 atom stereocenters. The maximum absolute atomic E-state index is 13.5. The molecule has 40 heavy (non-hydrogen) atoms. The molecule has 0 aliphatic heterocycles. The smallest absolute Gasteiger partial charge is 0.275 e. The van der Waals surface area contributed by atoms with Crippen LogP contribution in [-0.2, 0) is 20.8 Å². The van der Waals surface area contributed by atoms with Gasteiger partial charge in [0.15, 0.2) is 0 Å². The van der Waals surface area contributed by atoms with Crippen LogP contribution in [0.1, 0.15) is 56.3 Å². The maximum Gasteiger partial charge on any atom is 0.275 e. The van der Waals surface area contributed by atoms with Crippen LogP contribution in [0.15, 0.2) is 91.0 Å². The Labute approximate surface area is 236 Å². The molecule has 3 amide bonds. The van der Waals surface area contributed by atoms with E-state index in [4.69, 9.17) is 0 Å². The minimum atomic E-state index is -1.74. The second kappa shape index (κ2) is 14.4. The molecule has 0 aromatic heterocycles. The molecule has 8 nitrogen and oxygen atoms in total. The van der Waals surface area contributed by atoms with Gasteiger partial charge in [-0.2, -0.15) is 0 Å². The number of aliphatic hydroxyl groups is 1. The highest BCUT2D eigenvalue weighted by Gasteiger charge is 2.35. The van der Waals surface area contributed by atoms with Crippen molar-refractivity contribution in [1.82, 2.24) is 15.7 Å². The monoisotopic (exact) mass is 545 g/mol. The molecule has 0 aliphatic carbocycles. The molecule has 0 heterocycles. The van der Waals surface area contributed by atoms with Gasteiger partial charge in [-0.15, -0.1) is 0 Å². The molecule has 4 N–H and O–H groups in total. The van der Waals surface area contributed by atoms with Gasteiger partial charge in [0.1, 0.15) is 12.1 Å². The molecular weight excluding hydrogens is 506 g/mol. The van der Waals surface area contributed by atoms with E-state index in [2.05, 4.69) is 10.6 Å². The lowest BCUT2D eigenvalue weighted by Crippen LogP contribution is -2.55. The number of benzene rings is 3. The van der Waals surface area contributed by atoms with Crippen molar-refractivity contribution < 1.29 is 24.7 Å². The first-order chi connectivity index (χ1) is 19.1. The highest BCUT2D eigenvalue weighted by Crippen LogP contribution is 2.25. The number of nitrogens with zero attached hydrogens (tertiary/aromatic N) is 1. The number of carbonyl (C=O) groups excluding carboxylic acids is 3. The summed E-state index contributed by atoms with van der Waals surface area (Å²) in [5.41, 5.74) is 2.17. The van der Waals surface area contributed by atoms with E-state index >= 15 is 0 Å². The molecule has 0 bridgehead atoms. The molecule has 0 fully saturated rings. The van der Waals surface area contributed by atoms with Crippen molar-refractivity contribution in [3.63, 3.8) is 0 Å².